The molecular weight excluding hydrogens is 208 g/mol. The van der Waals surface area contributed by atoms with Crippen LogP contribution in [0.2, 0.25) is 0 Å². The third kappa shape index (κ3) is 3.01. The average molecular weight is 226 g/mol. The topological polar surface area (TPSA) is 114 Å². The summed E-state index contributed by atoms with van der Waals surface area (Å²) < 4.78 is 0. The van der Waals surface area contributed by atoms with E-state index < -0.39 is 0 Å². The minimum Gasteiger partial charge on any atom is -0.394 e. The first-order valence-corrected chi connectivity index (χ1v) is 4.93. The maximum absolute atomic E-state index is 9.21. The summed E-state index contributed by atoms with van der Waals surface area (Å²) in [6.07, 6.45) is 0. The number of aliphatic hydroxyl groups excluding tert-OH is 1. The van der Waals surface area contributed by atoms with Crippen LogP contribution in [0.4, 0.5) is 11.9 Å². The number of aliphatic hydroxyl groups is 1. The van der Waals surface area contributed by atoms with E-state index in [-0.39, 0.29) is 24.0 Å². The van der Waals surface area contributed by atoms with E-state index in [9.17, 15) is 5.11 Å². The highest BCUT2D eigenvalue weighted by atomic mass is 16.3. The maximum atomic E-state index is 9.21. The number of rotatable bonds is 4. The minimum atomic E-state index is -0.351. The zero-order valence-electron chi connectivity index (χ0n) is 9.80. The summed E-state index contributed by atoms with van der Waals surface area (Å²) >= 11 is 0. The van der Waals surface area contributed by atoms with Gasteiger partial charge in [-0.05, 0) is 20.9 Å². The van der Waals surface area contributed by atoms with Gasteiger partial charge in [0.05, 0.1) is 13.2 Å². The van der Waals surface area contributed by atoms with Gasteiger partial charge < -0.3 is 16.6 Å². The van der Waals surface area contributed by atoms with E-state index in [1.54, 1.807) is 0 Å². The molecule has 0 saturated carbocycles. The quantitative estimate of drug-likeness (QED) is 0.618. The SMILES string of the molecule is CN(Cc1nc(N)nc(N)n1)C(C)(C)CO. The van der Waals surface area contributed by atoms with Gasteiger partial charge in [-0.25, -0.2) is 0 Å². The van der Waals surface area contributed by atoms with Crippen LogP contribution in [0.3, 0.4) is 0 Å². The molecule has 7 nitrogen and oxygen atoms in total. The van der Waals surface area contributed by atoms with Crippen LogP contribution in [-0.4, -0.2) is 44.2 Å². The zero-order valence-corrected chi connectivity index (χ0v) is 9.80. The predicted molar refractivity (Wildman–Crippen MR) is 61.3 cm³/mol. The number of anilines is 2. The standard InChI is InChI=1S/C9H18N6O/c1-9(2,5-16)15(3)4-6-12-7(10)14-8(11)13-6/h16H,4-5H2,1-3H3,(H4,10,11,12,13,14). The van der Waals surface area contributed by atoms with Crippen LogP contribution in [-0.2, 0) is 6.54 Å². The van der Waals surface area contributed by atoms with Gasteiger partial charge in [-0.2, -0.15) is 15.0 Å². The largest absolute Gasteiger partial charge is 0.394 e. The number of nitrogens with two attached hydrogens (primary N) is 2. The molecule has 0 spiro atoms. The monoisotopic (exact) mass is 226 g/mol. The van der Waals surface area contributed by atoms with Gasteiger partial charge >= 0.3 is 0 Å². The van der Waals surface area contributed by atoms with Crippen molar-refractivity contribution in [2.45, 2.75) is 25.9 Å². The van der Waals surface area contributed by atoms with E-state index in [0.717, 1.165) is 0 Å². The molecule has 90 valence electrons. The number of hydrogen-bond donors (Lipinski definition) is 3. The third-order valence-corrected chi connectivity index (χ3v) is 2.52. The normalized spacial score (nSPS) is 12.1. The van der Waals surface area contributed by atoms with E-state index in [1.165, 1.54) is 0 Å². The molecule has 16 heavy (non-hydrogen) atoms. The van der Waals surface area contributed by atoms with Crippen molar-refractivity contribution in [2.24, 2.45) is 0 Å². The van der Waals surface area contributed by atoms with Crippen LogP contribution in [0.25, 0.3) is 0 Å². The van der Waals surface area contributed by atoms with E-state index in [0.29, 0.717) is 12.4 Å². The van der Waals surface area contributed by atoms with Gasteiger partial charge in [0.25, 0.3) is 0 Å². The second-order valence-corrected chi connectivity index (χ2v) is 4.29. The van der Waals surface area contributed by atoms with Crippen LogP contribution >= 0.6 is 0 Å². The predicted octanol–water partition coefficient (Wildman–Crippen LogP) is -0.761. The summed E-state index contributed by atoms with van der Waals surface area (Å²) in [5, 5.41) is 9.21. The lowest BCUT2D eigenvalue weighted by Gasteiger charge is -2.33. The lowest BCUT2D eigenvalue weighted by molar-refractivity contribution is 0.0714. The number of aromatic nitrogens is 3. The molecule has 0 unspecified atom stereocenters. The summed E-state index contributed by atoms with van der Waals surface area (Å²) in [5.41, 5.74) is 10.6. The molecule has 1 heterocycles. The Morgan fingerprint density at radius 2 is 1.69 bits per heavy atom. The third-order valence-electron chi connectivity index (χ3n) is 2.52. The first-order chi connectivity index (χ1) is 7.35. The first kappa shape index (κ1) is 12.6. The summed E-state index contributed by atoms with van der Waals surface area (Å²) in [5.74, 6) is 0.712. The van der Waals surface area contributed by atoms with Crippen molar-refractivity contribution in [3.05, 3.63) is 5.82 Å². The lowest BCUT2D eigenvalue weighted by atomic mass is 10.1. The maximum Gasteiger partial charge on any atom is 0.225 e. The summed E-state index contributed by atoms with van der Waals surface area (Å²) in [4.78, 5) is 13.6. The van der Waals surface area contributed by atoms with Crippen molar-refractivity contribution in [1.29, 1.82) is 0 Å². The van der Waals surface area contributed by atoms with Crippen LogP contribution in [0, 0.1) is 0 Å². The molecule has 1 aromatic heterocycles. The Hall–Kier alpha value is -1.47. The Morgan fingerprint density at radius 3 is 2.12 bits per heavy atom. The second-order valence-electron chi connectivity index (χ2n) is 4.29. The molecule has 0 atom stereocenters. The van der Waals surface area contributed by atoms with Gasteiger partial charge in [0, 0.05) is 5.54 Å². The number of likely N-dealkylation sites (N-methyl/N-ethyl adjacent to an activating group) is 1. The van der Waals surface area contributed by atoms with Gasteiger partial charge in [0.15, 0.2) is 0 Å². The molecule has 1 rings (SSSR count). The van der Waals surface area contributed by atoms with Crippen molar-refractivity contribution in [3.8, 4) is 0 Å². The Morgan fingerprint density at radius 1 is 1.19 bits per heavy atom. The van der Waals surface area contributed by atoms with E-state index in [4.69, 9.17) is 11.5 Å². The summed E-state index contributed by atoms with van der Waals surface area (Å²) in [6.45, 7) is 4.33. The van der Waals surface area contributed by atoms with Gasteiger partial charge in [-0.1, -0.05) is 0 Å². The minimum absolute atomic E-state index is 0.0412. The lowest BCUT2D eigenvalue weighted by Crippen LogP contribution is -2.44. The van der Waals surface area contributed by atoms with Crippen LogP contribution in [0.5, 0.6) is 0 Å². The molecule has 0 saturated heterocycles. The molecule has 7 heteroatoms. The fourth-order valence-electron chi connectivity index (χ4n) is 1.07. The Balaban J connectivity index is 2.80. The van der Waals surface area contributed by atoms with Crippen molar-refractivity contribution in [3.63, 3.8) is 0 Å². The number of hydrogen-bond acceptors (Lipinski definition) is 7. The molecule has 0 aromatic carbocycles. The van der Waals surface area contributed by atoms with Crippen molar-refractivity contribution in [1.82, 2.24) is 19.9 Å². The Kier molecular flexibility index (Phi) is 3.61. The van der Waals surface area contributed by atoms with Crippen LogP contribution in [0.1, 0.15) is 19.7 Å². The highest BCUT2D eigenvalue weighted by molar-refractivity contribution is 5.25. The molecule has 1 aromatic rings. The van der Waals surface area contributed by atoms with Crippen LogP contribution < -0.4 is 11.5 Å². The number of nitrogens with zero attached hydrogens (tertiary/aromatic N) is 4. The van der Waals surface area contributed by atoms with Gasteiger partial charge in [0.2, 0.25) is 11.9 Å². The molecule has 5 N–H and O–H groups in total. The van der Waals surface area contributed by atoms with E-state index in [2.05, 4.69) is 15.0 Å². The number of nitrogen functional groups attached to an aromatic ring is 2. The smallest absolute Gasteiger partial charge is 0.225 e. The highest BCUT2D eigenvalue weighted by Crippen LogP contribution is 2.13. The van der Waals surface area contributed by atoms with Crippen LogP contribution in [0.15, 0.2) is 0 Å². The second kappa shape index (κ2) is 4.58. The highest BCUT2D eigenvalue weighted by Gasteiger charge is 2.23. The fraction of sp³-hybridized carbons (Fsp3) is 0.667. The molecule has 0 aliphatic rings. The van der Waals surface area contributed by atoms with Crippen molar-refractivity contribution < 1.29 is 5.11 Å². The van der Waals surface area contributed by atoms with Crippen molar-refractivity contribution in [2.75, 3.05) is 25.1 Å². The summed E-state index contributed by atoms with van der Waals surface area (Å²) in [7, 11) is 1.87. The molecule has 0 aliphatic heterocycles. The molecule has 0 fully saturated rings. The molecular formula is C9H18N6O. The van der Waals surface area contributed by atoms with E-state index in [1.807, 2.05) is 25.8 Å². The fourth-order valence-corrected chi connectivity index (χ4v) is 1.07. The molecule has 0 aliphatic carbocycles. The Bertz CT molecular complexity index is 347. The molecule has 0 radical (unpaired) electrons. The summed E-state index contributed by atoms with van der Waals surface area (Å²) in [6, 6.07) is 0. The first-order valence-electron chi connectivity index (χ1n) is 4.93. The molecule has 0 bridgehead atoms. The van der Waals surface area contributed by atoms with Gasteiger partial charge in [-0.15, -0.1) is 0 Å². The van der Waals surface area contributed by atoms with Gasteiger partial charge in [0.1, 0.15) is 5.82 Å². The van der Waals surface area contributed by atoms with Crippen molar-refractivity contribution >= 4 is 11.9 Å². The van der Waals surface area contributed by atoms with E-state index >= 15 is 0 Å². The zero-order chi connectivity index (χ0) is 12.3. The average Bonchev–Trinajstić information content (AvgIpc) is 2.15. The van der Waals surface area contributed by atoms with Gasteiger partial charge in [-0.3, -0.25) is 4.90 Å². The Labute approximate surface area is 94.5 Å². The molecule has 0 amide bonds.